The Balaban J connectivity index is 2.06. The van der Waals surface area contributed by atoms with Crippen LogP contribution in [0.25, 0.3) is 0 Å². The number of hydrogen-bond donors (Lipinski definition) is 2. The highest BCUT2D eigenvalue weighted by Gasteiger charge is 2.14. The zero-order chi connectivity index (χ0) is 16.8. The monoisotopic (exact) mass is 316 g/mol. The summed E-state index contributed by atoms with van der Waals surface area (Å²) >= 11 is 0. The molecule has 2 rings (SSSR count). The van der Waals surface area contributed by atoms with E-state index in [9.17, 15) is 9.59 Å². The van der Waals surface area contributed by atoms with Crippen LogP contribution in [0.5, 0.6) is 0 Å². The van der Waals surface area contributed by atoms with Crippen molar-refractivity contribution in [2.75, 3.05) is 5.32 Å². The molecule has 23 heavy (non-hydrogen) atoms. The lowest BCUT2D eigenvalue weighted by Gasteiger charge is -2.08. The third-order valence-corrected chi connectivity index (χ3v) is 3.31. The van der Waals surface area contributed by atoms with Gasteiger partial charge in [0.25, 0.3) is 5.91 Å². The van der Waals surface area contributed by atoms with Crippen molar-refractivity contribution in [3.8, 4) is 0 Å². The van der Waals surface area contributed by atoms with Crippen molar-refractivity contribution in [2.45, 2.75) is 33.2 Å². The molecule has 0 bridgehead atoms. The van der Waals surface area contributed by atoms with Crippen LogP contribution in [0.2, 0.25) is 0 Å². The van der Waals surface area contributed by atoms with Gasteiger partial charge in [-0.25, -0.2) is 0 Å². The van der Waals surface area contributed by atoms with Gasteiger partial charge in [-0.15, -0.1) is 5.10 Å². The van der Waals surface area contributed by atoms with Crippen LogP contribution in [0.3, 0.4) is 0 Å². The predicted octanol–water partition coefficient (Wildman–Crippen LogP) is 2.20. The lowest BCUT2D eigenvalue weighted by molar-refractivity contribution is -0.136. The second-order valence-electron chi connectivity index (χ2n) is 5.73. The van der Waals surface area contributed by atoms with Crippen LogP contribution < -0.4 is 5.32 Å². The highest BCUT2D eigenvalue weighted by Crippen LogP contribution is 2.16. The molecule has 0 aliphatic carbocycles. The number of para-hydroxylation sites is 1. The zero-order valence-electron chi connectivity index (χ0n) is 13.2. The van der Waals surface area contributed by atoms with E-state index in [0.29, 0.717) is 23.7 Å². The van der Waals surface area contributed by atoms with Gasteiger partial charge in [0.15, 0.2) is 5.69 Å². The molecule has 0 saturated carbocycles. The number of nitrogens with zero attached hydrogens (tertiary/aromatic N) is 3. The van der Waals surface area contributed by atoms with Gasteiger partial charge in [-0.1, -0.05) is 37.3 Å². The highest BCUT2D eigenvalue weighted by molar-refractivity contribution is 6.03. The minimum atomic E-state index is -0.952. The molecule has 0 spiro atoms. The lowest BCUT2D eigenvalue weighted by Crippen LogP contribution is -2.15. The van der Waals surface area contributed by atoms with Crippen molar-refractivity contribution in [1.29, 1.82) is 0 Å². The summed E-state index contributed by atoms with van der Waals surface area (Å²) in [6, 6.07) is 6.80. The number of amides is 1. The fraction of sp³-hybridized carbons (Fsp3) is 0.375. The maximum atomic E-state index is 12.2. The molecule has 0 aliphatic heterocycles. The van der Waals surface area contributed by atoms with Gasteiger partial charge < -0.3 is 10.4 Å². The molecule has 1 aromatic carbocycles. The second kappa shape index (κ2) is 7.53. The molecule has 1 amide bonds. The Labute approximate surface area is 134 Å². The number of carboxylic acids is 1. The summed E-state index contributed by atoms with van der Waals surface area (Å²) in [5.41, 5.74) is 1.22. The van der Waals surface area contributed by atoms with Crippen molar-refractivity contribution >= 4 is 17.6 Å². The molecule has 0 radical (unpaired) electrons. The van der Waals surface area contributed by atoms with Gasteiger partial charge in [0.2, 0.25) is 0 Å². The first-order chi connectivity index (χ1) is 11.0. The number of nitrogens with one attached hydrogen (secondary N) is 1. The number of carbonyl (C=O) groups is 2. The molecular formula is C16H20N4O3. The Morgan fingerprint density at radius 3 is 2.74 bits per heavy atom. The molecule has 1 aromatic heterocycles. The van der Waals surface area contributed by atoms with Crippen LogP contribution >= 0.6 is 0 Å². The number of aliphatic carboxylic acids is 1. The molecule has 7 nitrogen and oxygen atoms in total. The van der Waals surface area contributed by atoms with E-state index >= 15 is 0 Å². The second-order valence-corrected chi connectivity index (χ2v) is 5.73. The van der Waals surface area contributed by atoms with E-state index in [4.69, 9.17) is 5.11 Å². The van der Waals surface area contributed by atoms with Gasteiger partial charge >= 0.3 is 5.97 Å². The van der Waals surface area contributed by atoms with E-state index in [-0.39, 0.29) is 12.1 Å². The van der Waals surface area contributed by atoms with Gasteiger partial charge in [0, 0.05) is 12.2 Å². The number of hydrogen-bond acceptors (Lipinski definition) is 4. The number of carboxylic acid groups (broad SMARTS) is 1. The van der Waals surface area contributed by atoms with Crippen LogP contribution in [0, 0.1) is 5.92 Å². The topological polar surface area (TPSA) is 97.1 Å². The number of carbonyl (C=O) groups excluding carboxylic acids is 1. The summed E-state index contributed by atoms with van der Waals surface area (Å²) in [6.07, 6.45) is 2.39. The zero-order valence-corrected chi connectivity index (χ0v) is 13.2. The molecule has 0 atom stereocenters. The maximum Gasteiger partial charge on any atom is 0.307 e. The summed E-state index contributed by atoms with van der Waals surface area (Å²) in [5.74, 6) is -0.815. The third-order valence-electron chi connectivity index (χ3n) is 3.31. The molecule has 7 heteroatoms. The molecule has 2 aromatic rings. The number of anilines is 1. The molecule has 0 aliphatic rings. The SMILES string of the molecule is CC(C)CCn1cc(C(=O)Nc2ccccc2CC(=O)O)nn1. The molecule has 0 fully saturated rings. The van der Waals surface area contributed by atoms with Gasteiger partial charge in [0.05, 0.1) is 12.6 Å². The van der Waals surface area contributed by atoms with Crippen LogP contribution in [0.4, 0.5) is 5.69 Å². The quantitative estimate of drug-likeness (QED) is 0.816. The number of benzene rings is 1. The van der Waals surface area contributed by atoms with Crippen LogP contribution in [-0.2, 0) is 17.8 Å². The lowest BCUT2D eigenvalue weighted by atomic mass is 10.1. The summed E-state index contributed by atoms with van der Waals surface area (Å²) < 4.78 is 1.64. The molecule has 2 N–H and O–H groups in total. The third kappa shape index (κ3) is 4.91. The number of rotatable bonds is 7. The summed E-state index contributed by atoms with van der Waals surface area (Å²) in [5, 5.41) is 19.4. The Kier molecular flexibility index (Phi) is 5.46. The van der Waals surface area contributed by atoms with E-state index < -0.39 is 11.9 Å². The van der Waals surface area contributed by atoms with Crippen molar-refractivity contribution in [1.82, 2.24) is 15.0 Å². The van der Waals surface area contributed by atoms with E-state index in [2.05, 4.69) is 29.5 Å². The van der Waals surface area contributed by atoms with E-state index in [0.717, 1.165) is 6.42 Å². The van der Waals surface area contributed by atoms with E-state index in [1.165, 1.54) is 0 Å². The largest absolute Gasteiger partial charge is 0.481 e. The van der Waals surface area contributed by atoms with Crippen molar-refractivity contribution < 1.29 is 14.7 Å². The summed E-state index contributed by atoms with van der Waals surface area (Å²) in [7, 11) is 0. The molecule has 122 valence electrons. The van der Waals surface area contributed by atoms with Gasteiger partial charge in [-0.2, -0.15) is 0 Å². The Morgan fingerprint density at radius 1 is 1.30 bits per heavy atom. The van der Waals surface area contributed by atoms with Crippen LogP contribution in [0.1, 0.15) is 36.3 Å². The van der Waals surface area contributed by atoms with Crippen molar-refractivity contribution in [3.05, 3.63) is 41.7 Å². The fourth-order valence-electron chi connectivity index (χ4n) is 2.05. The number of aryl methyl sites for hydroxylation is 1. The van der Waals surface area contributed by atoms with E-state index in [1.807, 2.05) is 0 Å². The Hall–Kier alpha value is -2.70. The maximum absolute atomic E-state index is 12.2. The predicted molar refractivity (Wildman–Crippen MR) is 85.2 cm³/mol. The summed E-state index contributed by atoms with van der Waals surface area (Å²) in [4.78, 5) is 23.1. The van der Waals surface area contributed by atoms with Gasteiger partial charge in [-0.3, -0.25) is 14.3 Å². The standard InChI is InChI=1S/C16H20N4O3/c1-11(2)7-8-20-10-14(18-19-20)16(23)17-13-6-4-3-5-12(13)9-15(21)22/h3-6,10-11H,7-9H2,1-2H3,(H,17,23)(H,21,22). The normalized spacial score (nSPS) is 10.7. The van der Waals surface area contributed by atoms with Crippen molar-refractivity contribution in [3.63, 3.8) is 0 Å². The Morgan fingerprint density at radius 2 is 2.04 bits per heavy atom. The average Bonchev–Trinajstić information content (AvgIpc) is 2.95. The molecule has 1 heterocycles. The first kappa shape index (κ1) is 16.7. The number of aromatic nitrogens is 3. The fourth-order valence-corrected chi connectivity index (χ4v) is 2.05. The molecule has 0 unspecified atom stereocenters. The average molecular weight is 316 g/mol. The Bertz CT molecular complexity index is 694. The smallest absolute Gasteiger partial charge is 0.307 e. The van der Waals surface area contributed by atoms with Gasteiger partial charge in [0.1, 0.15) is 0 Å². The van der Waals surface area contributed by atoms with Crippen LogP contribution in [0.15, 0.2) is 30.5 Å². The van der Waals surface area contributed by atoms with Crippen molar-refractivity contribution in [2.24, 2.45) is 5.92 Å². The first-order valence-corrected chi connectivity index (χ1v) is 7.47. The minimum Gasteiger partial charge on any atom is -0.481 e. The summed E-state index contributed by atoms with van der Waals surface area (Å²) in [6.45, 7) is 4.93. The first-order valence-electron chi connectivity index (χ1n) is 7.47. The molecule has 0 saturated heterocycles. The molecular weight excluding hydrogens is 296 g/mol. The van der Waals surface area contributed by atoms with Gasteiger partial charge in [-0.05, 0) is 24.0 Å². The van der Waals surface area contributed by atoms with E-state index in [1.54, 1.807) is 35.1 Å². The highest BCUT2D eigenvalue weighted by atomic mass is 16.4. The minimum absolute atomic E-state index is 0.155. The van der Waals surface area contributed by atoms with Crippen LogP contribution in [-0.4, -0.2) is 32.0 Å².